The molecule has 1 atom stereocenters. The van der Waals surface area contributed by atoms with Gasteiger partial charge in [-0.15, -0.1) is 0 Å². The first-order valence-corrected chi connectivity index (χ1v) is 6.71. The maximum Gasteiger partial charge on any atom is 0.0217 e. The zero-order valence-electron chi connectivity index (χ0n) is 10.8. The lowest BCUT2D eigenvalue weighted by atomic mass is 10.1. The van der Waals surface area contributed by atoms with Crippen LogP contribution >= 0.6 is 0 Å². The summed E-state index contributed by atoms with van der Waals surface area (Å²) in [6.45, 7) is 7.01. The van der Waals surface area contributed by atoms with Crippen molar-refractivity contribution in [2.45, 2.75) is 64.5 Å². The van der Waals surface area contributed by atoms with Gasteiger partial charge in [-0.1, -0.05) is 26.7 Å². The van der Waals surface area contributed by atoms with E-state index >= 15 is 0 Å². The third-order valence-electron chi connectivity index (χ3n) is 3.33. The Morgan fingerprint density at radius 3 is 2.53 bits per heavy atom. The highest BCUT2D eigenvalue weighted by molar-refractivity contribution is 4.83. The highest BCUT2D eigenvalue weighted by atomic mass is 15.2. The zero-order valence-corrected chi connectivity index (χ0v) is 10.8. The molecule has 0 aromatic rings. The SMILES string of the molecule is CCCCN(C)C(CCC)CNC1CC1. The second-order valence-electron chi connectivity index (χ2n) is 4.96. The van der Waals surface area contributed by atoms with Crippen molar-refractivity contribution < 1.29 is 0 Å². The highest BCUT2D eigenvalue weighted by Gasteiger charge is 2.22. The van der Waals surface area contributed by atoms with Crippen molar-refractivity contribution in [3.63, 3.8) is 0 Å². The Bertz CT molecular complexity index is 155. The monoisotopic (exact) mass is 212 g/mol. The van der Waals surface area contributed by atoms with E-state index < -0.39 is 0 Å². The summed E-state index contributed by atoms with van der Waals surface area (Å²) in [7, 11) is 2.28. The van der Waals surface area contributed by atoms with E-state index in [0.29, 0.717) is 0 Å². The molecule has 0 aromatic heterocycles. The number of likely N-dealkylation sites (N-methyl/N-ethyl adjacent to an activating group) is 1. The predicted octanol–water partition coefficient (Wildman–Crippen LogP) is 2.64. The first-order valence-electron chi connectivity index (χ1n) is 6.71. The van der Waals surface area contributed by atoms with Crippen LogP contribution in [0.4, 0.5) is 0 Å². The quantitative estimate of drug-likeness (QED) is 0.632. The van der Waals surface area contributed by atoms with Gasteiger partial charge in [-0.05, 0) is 39.3 Å². The summed E-state index contributed by atoms with van der Waals surface area (Å²) >= 11 is 0. The van der Waals surface area contributed by atoms with Crippen LogP contribution in [0.5, 0.6) is 0 Å². The topological polar surface area (TPSA) is 15.3 Å². The van der Waals surface area contributed by atoms with Crippen molar-refractivity contribution in [3.8, 4) is 0 Å². The Hall–Kier alpha value is -0.0800. The van der Waals surface area contributed by atoms with Gasteiger partial charge in [0.1, 0.15) is 0 Å². The van der Waals surface area contributed by atoms with Gasteiger partial charge in [0.2, 0.25) is 0 Å². The van der Waals surface area contributed by atoms with Crippen molar-refractivity contribution in [2.24, 2.45) is 0 Å². The molecule has 1 N–H and O–H groups in total. The van der Waals surface area contributed by atoms with Gasteiger partial charge in [0.25, 0.3) is 0 Å². The lowest BCUT2D eigenvalue weighted by Crippen LogP contribution is -2.41. The van der Waals surface area contributed by atoms with E-state index in [4.69, 9.17) is 0 Å². The Kier molecular flexibility index (Phi) is 6.26. The number of nitrogens with zero attached hydrogens (tertiary/aromatic N) is 1. The molecule has 15 heavy (non-hydrogen) atoms. The molecule has 0 saturated heterocycles. The zero-order chi connectivity index (χ0) is 11.1. The molecule has 2 nitrogen and oxygen atoms in total. The molecular formula is C13H28N2. The number of nitrogens with one attached hydrogen (secondary N) is 1. The van der Waals surface area contributed by atoms with Crippen LogP contribution in [0.25, 0.3) is 0 Å². The van der Waals surface area contributed by atoms with E-state index in [1.54, 1.807) is 0 Å². The average Bonchev–Trinajstić information content (AvgIpc) is 3.04. The molecule has 90 valence electrons. The summed E-state index contributed by atoms with van der Waals surface area (Å²) in [4.78, 5) is 2.54. The van der Waals surface area contributed by atoms with Crippen molar-refractivity contribution >= 4 is 0 Å². The molecular weight excluding hydrogens is 184 g/mol. The summed E-state index contributed by atoms with van der Waals surface area (Å²) in [5, 5.41) is 3.66. The number of hydrogen-bond donors (Lipinski definition) is 1. The minimum Gasteiger partial charge on any atom is -0.312 e. The molecule has 1 saturated carbocycles. The second-order valence-corrected chi connectivity index (χ2v) is 4.96. The van der Waals surface area contributed by atoms with E-state index in [1.807, 2.05) is 0 Å². The van der Waals surface area contributed by atoms with Crippen LogP contribution in [0.3, 0.4) is 0 Å². The summed E-state index contributed by atoms with van der Waals surface area (Å²) in [6.07, 6.45) is 8.07. The Balaban J connectivity index is 2.19. The minimum absolute atomic E-state index is 0.752. The van der Waals surface area contributed by atoms with E-state index in [1.165, 1.54) is 51.6 Å². The molecule has 0 radical (unpaired) electrons. The fraction of sp³-hybridized carbons (Fsp3) is 1.00. The Labute approximate surface area is 95.4 Å². The lowest BCUT2D eigenvalue weighted by molar-refractivity contribution is 0.219. The predicted molar refractivity (Wildman–Crippen MR) is 67.3 cm³/mol. The molecule has 0 aliphatic heterocycles. The van der Waals surface area contributed by atoms with Gasteiger partial charge in [0.05, 0.1) is 0 Å². The molecule has 1 aliphatic carbocycles. The van der Waals surface area contributed by atoms with Crippen LogP contribution in [-0.4, -0.2) is 37.1 Å². The maximum atomic E-state index is 3.66. The van der Waals surface area contributed by atoms with Crippen LogP contribution in [0.2, 0.25) is 0 Å². The van der Waals surface area contributed by atoms with Crippen LogP contribution in [0, 0.1) is 0 Å². The van der Waals surface area contributed by atoms with Crippen molar-refractivity contribution in [3.05, 3.63) is 0 Å². The van der Waals surface area contributed by atoms with E-state index in [-0.39, 0.29) is 0 Å². The van der Waals surface area contributed by atoms with Gasteiger partial charge in [-0.25, -0.2) is 0 Å². The lowest BCUT2D eigenvalue weighted by Gasteiger charge is -2.28. The fourth-order valence-electron chi connectivity index (χ4n) is 1.99. The van der Waals surface area contributed by atoms with E-state index in [2.05, 4.69) is 31.1 Å². The number of unbranched alkanes of at least 4 members (excludes halogenated alkanes) is 1. The van der Waals surface area contributed by atoms with Gasteiger partial charge in [0.15, 0.2) is 0 Å². The Morgan fingerprint density at radius 1 is 1.27 bits per heavy atom. The van der Waals surface area contributed by atoms with Crippen LogP contribution < -0.4 is 5.32 Å². The maximum absolute atomic E-state index is 3.66. The van der Waals surface area contributed by atoms with Gasteiger partial charge < -0.3 is 10.2 Å². The van der Waals surface area contributed by atoms with E-state index in [9.17, 15) is 0 Å². The van der Waals surface area contributed by atoms with Crippen molar-refractivity contribution in [1.29, 1.82) is 0 Å². The normalized spacial score (nSPS) is 18.4. The summed E-state index contributed by atoms with van der Waals surface area (Å²) < 4.78 is 0. The molecule has 0 heterocycles. The molecule has 0 amide bonds. The summed E-state index contributed by atoms with van der Waals surface area (Å²) in [5.41, 5.74) is 0. The summed E-state index contributed by atoms with van der Waals surface area (Å²) in [5.74, 6) is 0. The molecule has 1 fully saturated rings. The molecule has 1 aliphatic rings. The van der Waals surface area contributed by atoms with E-state index in [0.717, 1.165) is 12.1 Å². The smallest absolute Gasteiger partial charge is 0.0217 e. The van der Waals surface area contributed by atoms with Gasteiger partial charge in [-0.2, -0.15) is 0 Å². The fourth-order valence-corrected chi connectivity index (χ4v) is 1.99. The number of hydrogen-bond acceptors (Lipinski definition) is 2. The molecule has 0 bridgehead atoms. The third kappa shape index (κ3) is 5.53. The summed E-state index contributed by atoms with van der Waals surface area (Å²) in [6, 6.07) is 1.60. The second kappa shape index (κ2) is 7.24. The molecule has 1 rings (SSSR count). The largest absolute Gasteiger partial charge is 0.312 e. The molecule has 0 aromatic carbocycles. The molecule has 2 heteroatoms. The highest BCUT2D eigenvalue weighted by Crippen LogP contribution is 2.19. The van der Waals surface area contributed by atoms with Gasteiger partial charge in [0, 0.05) is 18.6 Å². The van der Waals surface area contributed by atoms with Crippen molar-refractivity contribution in [2.75, 3.05) is 20.1 Å². The van der Waals surface area contributed by atoms with Crippen LogP contribution in [-0.2, 0) is 0 Å². The van der Waals surface area contributed by atoms with Gasteiger partial charge >= 0.3 is 0 Å². The van der Waals surface area contributed by atoms with Crippen molar-refractivity contribution in [1.82, 2.24) is 10.2 Å². The number of rotatable bonds is 9. The Morgan fingerprint density at radius 2 is 2.00 bits per heavy atom. The minimum atomic E-state index is 0.752. The molecule has 0 spiro atoms. The van der Waals surface area contributed by atoms with Gasteiger partial charge in [-0.3, -0.25) is 0 Å². The average molecular weight is 212 g/mol. The first kappa shape index (κ1) is 13.0. The standard InChI is InChI=1S/C13H28N2/c1-4-6-10-15(3)13(7-5-2)11-14-12-8-9-12/h12-14H,4-11H2,1-3H3. The first-order chi connectivity index (χ1) is 7.27. The van der Waals surface area contributed by atoms with Crippen LogP contribution in [0.15, 0.2) is 0 Å². The molecule has 1 unspecified atom stereocenters. The third-order valence-corrected chi connectivity index (χ3v) is 3.33. The van der Waals surface area contributed by atoms with Crippen LogP contribution in [0.1, 0.15) is 52.4 Å².